The fourth-order valence-corrected chi connectivity index (χ4v) is 2.37. The zero-order valence-electron chi connectivity index (χ0n) is 9.63. The maximum atomic E-state index is 9.79. The number of anilines is 2. The van der Waals surface area contributed by atoms with Gasteiger partial charge in [-0.1, -0.05) is 0 Å². The molecule has 1 fully saturated rings. The minimum Gasteiger partial charge on any atom is -0.396 e. The number of piperidine rings is 1. The Morgan fingerprint density at radius 2 is 2.38 bits per heavy atom. The van der Waals surface area contributed by atoms with Crippen LogP contribution in [0.2, 0.25) is 0 Å². The highest BCUT2D eigenvalue weighted by Gasteiger charge is 2.28. The number of aliphatic hydroxyl groups is 1. The molecule has 4 nitrogen and oxygen atoms in total. The van der Waals surface area contributed by atoms with Crippen molar-refractivity contribution in [2.75, 3.05) is 17.2 Å². The Morgan fingerprint density at radius 3 is 3.06 bits per heavy atom. The summed E-state index contributed by atoms with van der Waals surface area (Å²) < 4.78 is 0. The van der Waals surface area contributed by atoms with E-state index in [1.807, 2.05) is 19.1 Å². The molecule has 0 bridgehead atoms. The molecule has 1 aromatic heterocycles. The molecule has 0 aromatic carbocycles. The Labute approximate surface area is 96.1 Å². The third-order valence-corrected chi connectivity index (χ3v) is 3.20. The van der Waals surface area contributed by atoms with Gasteiger partial charge in [0.1, 0.15) is 0 Å². The van der Waals surface area contributed by atoms with Gasteiger partial charge >= 0.3 is 0 Å². The third kappa shape index (κ3) is 2.11. The summed E-state index contributed by atoms with van der Waals surface area (Å²) in [6.45, 7) is 2.76. The standard InChI is InChI=1S/C12H19N3O/c1-9(16)11-6-2-3-8-15(11)12-10(13)5-4-7-14-12/h4-5,7,9,11,16H,2-3,6,8,13H2,1H3/t9-,11-/m1/s1. The molecule has 0 unspecified atom stereocenters. The van der Waals surface area contributed by atoms with Crippen molar-refractivity contribution in [3.8, 4) is 0 Å². The van der Waals surface area contributed by atoms with E-state index in [-0.39, 0.29) is 12.1 Å². The summed E-state index contributed by atoms with van der Waals surface area (Å²) in [6.07, 6.45) is 4.71. The molecule has 0 aliphatic carbocycles. The smallest absolute Gasteiger partial charge is 0.152 e. The number of pyridine rings is 1. The summed E-state index contributed by atoms with van der Waals surface area (Å²) in [5.74, 6) is 0.813. The predicted octanol–water partition coefficient (Wildman–Crippen LogP) is 1.40. The fourth-order valence-electron chi connectivity index (χ4n) is 2.37. The first-order valence-electron chi connectivity index (χ1n) is 5.85. The molecule has 88 valence electrons. The van der Waals surface area contributed by atoms with Crippen molar-refractivity contribution < 1.29 is 5.11 Å². The van der Waals surface area contributed by atoms with Crippen molar-refractivity contribution >= 4 is 11.5 Å². The van der Waals surface area contributed by atoms with Gasteiger partial charge in [-0.15, -0.1) is 0 Å². The molecule has 16 heavy (non-hydrogen) atoms. The van der Waals surface area contributed by atoms with Gasteiger partial charge in [0, 0.05) is 12.7 Å². The number of rotatable bonds is 2. The molecule has 0 spiro atoms. The number of nitrogens with two attached hydrogens (primary N) is 1. The predicted molar refractivity (Wildman–Crippen MR) is 65.3 cm³/mol. The first-order valence-corrected chi connectivity index (χ1v) is 5.85. The lowest BCUT2D eigenvalue weighted by Crippen LogP contribution is -2.46. The molecule has 2 heterocycles. The zero-order chi connectivity index (χ0) is 11.5. The minimum absolute atomic E-state index is 0.144. The second kappa shape index (κ2) is 4.70. The molecule has 1 aromatic rings. The number of aliphatic hydroxyl groups excluding tert-OH is 1. The largest absolute Gasteiger partial charge is 0.396 e. The number of hydrogen-bond donors (Lipinski definition) is 2. The van der Waals surface area contributed by atoms with Crippen LogP contribution < -0.4 is 10.6 Å². The number of hydrogen-bond acceptors (Lipinski definition) is 4. The highest BCUT2D eigenvalue weighted by atomic mass is 16.3. The lowest BCUT2D eigenvalue weighted by atomic mass is 9.98. The van der Waals surface area contributed by atoms with Gasteiger partial charge in [-0.2, -0.15) is 0 Å². The van der Waals surface area contributed by atoms with E-state index < -0.39 is 0 Å². The average molecular weight is 221 g/mol. The lowest BCUT2D eigenvalue weighted by Gasteiger charge is -2.38. The van der Waals surface area contributed by atoms with Crippen LogP contribution in [-0.2, 0) is 0 Å². The van der Waals surface area contributed by atoms with Crippen LogP contribution in [0, 0.1) is 0 Å². The average Bonchev–Trinajstić information content (AvgIpc) is 2.29. The van der Waals surface area contributed by atoms with Crippen molar-refractivity contribution in [1.29, 1.82) is 0 Å². The monoisotopic (exact) mass is 221 g/mol. The van der Waals surface area contributed by atoms with Gasteiger partial charge in [-0.05, 0) is 38.3 Å². The first kappa shape index (κ1) is 11.2. The molecular formula is C12H19N3O. The van der Waals surface area contributed by atoms with Crippen LogP contribution >= 0.6 is 0 Å². The molecule has 0 radical (unpaired) electrons. The number of nitrogens with zero attached hydrogens (tertiary/aromatic N) is 2. The molecular weight excluding hydrogens is 202 g/mol. The summed E-state index contributed by atoms with van der Waals surface area (Å²) in [5, 5.41) is 9.79. The van der Waals surface area contributed by atoms with Crippen LogP contribution in [0.15, 0.2) is 18.3 Å². The maximum Gasteiger partial charge on any atom is 0.152 e. The highest BCUT2D eigenvalue weighted by molar-refractivity contribution is 5.62. The SMILES string of the molecule is C[C@@H](O)[C@H]1CCCCN1c1ncccc1N. The van der Waals surface area contributed by atoms with Crippen LogP contribution in [-0.4, -0.2) is 28.8 Å². The van der Waals surface area contributed by atoms with E-state index in [1.54, 1.807) is 6.20 Å². The summed E-state index contributed by atoms with van der Waals surface area (Å²) >= 11 is 0. The van der Waals surface area contributed by atoms with E-state index in [1.165, 1.54) is 6.42 Å². The van der Waals surface area contributed by atoms with Gasteiger partial charge in [0.05, 0.1) is 17.8 Å². The molecule has 2 atom stereocenters. The number of aromatic nitrogens is 1. The molecule has 3 N–H and O–H groups in total. The van der Waals surface area contributed by atoms with E-state index in [9.17, 15) is 5.11 Å². The van der Waals surface area contributed by atoms with E-state index in [2.05, 4.69) is 9.88 Å². The van der Waals surface area contributed by atoms with Crippen molar-refractivity contribution in [3.05, 3.63) is 18.3 Å². The summed E-state index contributed by atoms with van der Waals surface area (Å²) in [4.78, 5) is 6.47. The third-order valence-electron chi connectivity index (χ3n) is 3.20. The van der Waals surface area contributed by atoms with Gasteiger partial charge in [-0.25, -0.2) is 4.98 Å². The van der Waals surface area contributed by atoms with Gasteiger partial charge in [-0.3, -0.25) is 0 Å². The first-order chi connectivity index (χ1) is 7.70. The molecule has 1 aliphatic heterocycles. The van der Waals surface area contributed by atoms with Crippen molar-refractivity contribution in [3.63, 3.8) is 0 Å². The molecule has 2 rings (SSSR count). The molecule has 4 heteroatoms. The van der Waals surface area contributed by atoms with Gasteiger partial charge in [0.2, 0.25) is 0 Å². The zero-order valence-corrected chi connectivity index (χ0v) is 9.63. The van der Waals surface area contributed by atoms with E-state index in [0.29, 0.717) is 5.69 Å². The Hall–Kier alpha value is -1.29. The van der Waals surface area contributed by atoms with Crippen molar-refractivity contribution in [1.82, 2.24) is 4.98 Å². The lowest BCUT2D eigenvalue weighted by molar-refractivity contribution is 0.145. The van der Waals surface area contributed by atoms with E-state index in [4.69, 9.17) is 5.73 Å². The normalized spacial score (nSPS) is 23.1. The summed E-state index contributed by atoms with van der Waals surface area (Å²) in [6, 6.07) is 3.84. The number of nitrogen functional groups attached to an aromatic ring is 1. The van der Waals surface area contributed by atoms with E-state index in [0.717, 1.165) is 25.2 Å². The van der Waals surface area contributed by atoms with Crippen LogP contribution in [0.4, 0.5) is 11.5 Å². The Balaban J connectivity index is 2.27. The Kier molecular flexibility index (Phi) is 3.29. The minimum atomic E-state index is -0.346. The quantitative estimate of drug-likeness (QED) is 0.792. The molecule has 1 aliphatic rings. The summed E-state index contributed by atoms with van der Waals surface area (Å²) in [7, 11) is 0. The van der Waals surface area contributed by atoms with Gasteiger partial charge < -0.3 is 15.7 Å². The van der Waals surface area contributed by atoms with Crippen molar-refractivity contribution in [2.24, 2.45) is 0 Å². The molecule has 1 saturated heterocycles. The van der Waals surface area contributed by atoms with Gasteiger partial charge in [0.25, 0.3) is 0 Å². The van der Waals surface area contributed by atoms with Gasteiger partial charge in [0.15, 0.2) is 5.82 Å². The highest BCUT2D eigenvalue weighted by Crippen LogP contribution is 2.28. The topological polar surface area (TPSA) is 62.4 Å². The van der Waals surface area contributed by atoms with Crippen LogP contribution in [0.3, 0.4) is 0 Å². The maximum absolute atomic E-state index is 9.79. The Morgan fingerprint density at radius 1 is 1.56 bits per heavy atom. The molecule has 0 saturated carbocycles. The van der Waals surface area contributed by atoms with Crippen molar-refractivity contribution in [2.45, 2.75) is 38.3 Å². The van der Waals surface area contributed by atoms with E-state index >= 15 is 0 Å². The molecule has 0 amide bonds. The second-order valence-corrected chi connectivity index (χ2v) is 4.41. The van der Waals surface area contributed by atoms with Crippen LogP contribution in [0.5, 0.6) is 0 Å². The fraction of sp³-hybridized carbons (Fsp3) is 0.583. The van der Waals surface area contributed by atoms with Crippen LogP contribution in [0.1, 0.15) is 26.2 Å². The summed E-state index contributed by atoms with van der Waals surface area (Å²) in [5.41, 5.74) is 6.62. The van der Waals surface area contributed by atoms with Crippen LogP contribution in [0.25, 0.3) is 0 Å². The Bertz CT molecular complexity index is 354. The second-order valence-electron chi connectivity index (χ2n) is 4.41.